The molecule has 2 bridgehead atoms. The predicted octanol–water partition coefficient (Wildman–Crippen LogP) is 5.33. The number of benzene rings is 1. The van der Waals surface area contributed by atoms with Crippen LogP contribution >= 0.6 is 0 Å². The highest BCUT2D eigenvalue weighted by atomic mass is 14.9. The van der Waals surface area contributed by atoms with Gasteiger partial charge in [-0.15, -0.1) is 0 Å². The van der Waals surface area contributed by atoms with Crippen LogP contribution in [0.15, 0.2) is 30.3 Å². The maximum absolute atomic E-state index is 3.92. The summed E-state index contributed by atoms with van der Waals surface area (Å²) >= 11 is 0. The lowest BCUT2D eigenvalue weighted by atomic mass is 9.88. The van der Waals surface area contributed by atoms with Gasteiger partial charge in [0.1, 0.15) is 0 Å². The molecule has 2 aliphatic carbocycles. The fourth-order valence-corrected chi connectivity index (χ4v) is 4.59. The molecule has 1 aromatic carbocycles. The van der Waals surface area contributed by atoms with E-state index in [1.165, 1.54) is 63.5 Å². The Labute approximate surface area is 130 Å². The van der Waals surface area contributed by atoms with Crippen molar-refractivity contribution in [3.63, 3.8) is 0 Å². The number of unbranched alkanes of at least 4 members (excludes halogenated alkanes) is 2. The molecule has 1 N–H and O–H groups in total. The van der Waals surface area contributed by atoms with Crippen LogP contribution in [0, 0.1) is 17.8 Å². The SMILES string of the molecule is CCCCCC(NCC1CC2CCC1C2)c1ccccc1. The molecule has 0 amide bonds. The van der Waals surface area contributed by atoms with E-state index in [0.717, 1.165) is 17.8 Å². The van der Waals surface area contributed by atoms with E-state index >= 15 is 0 Å². The van der Waals surface area contributed by atoms with Crippen LogP contribution in [-0.2, 0) is 0 Å². The van der Waals surface area contributed by atoms with Crippen molar-refractivity contribution < 1.29 is 0 Å². The minimum absolute atomic E-state index is 0.567. The number of rotatable bonds is 8. The first-order valence-electron chi connectivity index (χ1n) is 9.15. The monoisotopic (exact) mass is 285 g/mol. The Hall–Kier alpha value is -0.820. The molecule has 0 aromatic heterocycles. The Morgan fingerprint density at radius 2 is 1.95 bits per heavy atom. The molecule has 0 heterocycles. The van der Waals surface area contributed by atoms with Crippen LogP contribution in [0.5, 0.6) is 0 Å². The zero-order valence-electron chi connectivity index (χ0n) is 13.6. The predicted molar refractivity (Wildman–Crippen MR) is 90.3 cm³/mol. The molecular weight excluding hydrogens is 254 g/mol. The maximum Gasteiger partial charge on any atom is 0.0320 e. The zero-order chi connectivity index (χ0) is 14.5. The van der Waals surface area contributed by atoms with Crippen LogP contribution in [-0.4, -0.2) is 6.54 Å². The highest BCUT2D eigenvalue weighted by molar-refractivity contribution is 5.18. The lowest BCUT2D eigenvalue weighted by molar-refractivity contribution is 0.301. The zero-order valence-corrected chi connectivity index (χ0v) is 13.6. The normalized spacial score (nSPS) is 28.9. The smallest absolute Gasteiger partial charge is 0.0320 e. The van der Waals surface area contributed by atoms with E-state index < -0.39 is 0 Å². The van der Waals surface area contributed by atoms with Gasteiger partial charge in [-0.1, -0.05) is 62.9 Å². The van der Waals surface area contributed by atoms with Crippen molar-refractivity contribution >= 4 is 0 Å². The third-order valence-electron chi connectivity index (χ3n) is 5.81. The molecular formula is C20H31N. The van der Waals surface area contributed by atoms with Crippen LogP contribution in [0.3, 0.4) is 0 Å². The van der Waals surface area contributed by atoms with E-state index in [0.29, 0.717) is 6.04 Å². The Balaban J connectivity index is 1.54. The summed E-state index contributed by atoms with van der Waals surface area (Å²) < 4.78 is 0. The molecule has 2 aliphatic rings. The highest BCUT2D eigenvalue weighted by Crippen LogP contribution is 2.48. The number of hydrogen-bond donors (Lipinski definition) is 1. The van der Waals surface area contributed by atoms with Crippen LogP contribution in [0.2, 0.25) is 0 Å². The third-order valence-corrected chi connectivity index (χ3v) is 5.81. The van der Waals surface area contributed by atoms with E-state index in [1.54, 1.807) is 0 Å². The van der Waals surface area contributed by atoms with Crippen molar-refractivity contribution in [2.24, 2.45) is 17.8 Å². The summed E-state index contributed by atoms with van der Waals surface area (Å²) in [7, 11) is 0. The van der Waals surface area contributed by atoms with Crippen LogP contribution < -0.4 is 5.32 Å². The van der Waals surface area contributed by atoms with E-state index in [2.05, 4.69) is 42.6 Å². The molecule has 2 fully saturated rings. The summed E-state index contributed by atoms with van der Waals surface area (Å²) in [6.07, 6.45) is 11.3. The minimum atomic E-state index is 0.567. The second kappa shape index (κ2) is 7.45. The van der Waals surface area contributed by atoms with Crippen LogP contribution in [0.25, 0.3) is 0 Å². The minimum Gasteiger partial charge on any atom is -0.310 e. The van der Waals surface area contributed by atoms with Gasteiger partial charge in [0.25, 0.3) is 0 Å². The summed E-state index contributed by atoms with van der Waals surface area (Å²) in [6.45, 7) is 3.53. The molecule has 0 spiro atoms. The Bertz CT molecular complexity index is 413. The quantitative estimate of drug-likeness (QED) is 0.636. The van der Waals surface area contributed by atoms with E-state index in [-0.39, 0.29) is 0 Å². The number of fused-ring (bicyclic) bond motifs is 2. The maximum atomic E-state index is 3.92. The van der Waals surface area contributed by atoms with Gasteiger partial charge in [0.05, 0.1) is 0 Å². The number of hydrogen-bond acceptors (Lipinski definition) is 1. The molecule has 1 heteroatoms. The van der Waals surface area contributed by atoms with Gasteiger partial charge in [-0.2, -0.15) is 0 Å². The van der Waals surface area contributed by atoms with Gasteiger partial charge >= 0.3 is 0 Å². The summed E-state index contributed by atoms with van der Waals surface area (Å²) in [6, 6.07) is 11.6. The average Bonchev–Trinajstić information content (AvgIpc) is 3.14. The van der Waals surface area contributed by atoms with Gasteiger partial charge in [-0.3, -0.25) is 0 Å². The first kappa shape index (κ1) is 15.1. The molecule has 1 aromatic rings. The lowest BCUT2D eigenvalue weighted by Gasteiger charge is -2.26. The molecule has 2 saturated carbocycles. The van der Waals surface area contributed by atoms with Crippen LogP contribution in [0.4, 0.5) is 0 Å². The highest BCUT2D eigenvalue weighted by Gasteiger charge is 2.39. The third kappa shape index (κ3) is 3.88. The summed E-state index contributed by atoms with van der Waals surface area (Å²) in [5, 5.41) is 3.92. The number of nitrogens with one attached hydrogen (secondary N) is 1. The first-order chi connectivity index (χ1) is 10.4. The second-order valence-corrected chi connectivity index (χ2v) is 7.30. The van der Waals surface area contributed by atoms with Gasteiger partial charge in [-0.25, -0.2) is 0 Å². The van der Waals surface area contributed by atoms with Crippen molar-refractivity contribution in [1.82, 2.24) is 5.32 Å². The molecule has 0 saturated heterocycles. The van der Waals surface area contributed by atoms with Gasteiger partial charge < -0.3 is 5.32 Å². The summed E-state index contributed by atoms with van der Waals surface area (Å²) in [4.78, 5) is 0. The van der Waals surface area contributed by atoms with Gasteiger partial charge in [0.15, 0.2) is 0 Å². The molecule has 116 valence electrons. The molecule has 0 radical (unpaired) electrons. The lowest BCUT2D eigenvalue weighted by Crippen LogP contribution is -2.30. The largest absolute Gasteiger partial charge is 0.310 e. The summed E-state index contributed by atoms with van der Waals surface area (Å²) in [5.41, 5.74) is 1.48. The fraction of sp³-hybridized carbons (Fsp3) is 0.700. The Morgan fingerprint density at radius 3 is 2.62 bits per heavy atom. The van der Waals surface area contributed by atoms with E-state index in [4.69, 9.17) is 0 Å². The summed E-state index contributed by atoms with van der Waals surface area (Å²) in [5.74, 6) is 3.06. The van der Waals surface area contributed by atoms with Gasteiger partial charge in [0.2, 0.25) is 0 Å². The Kier molecular flexibility index (Phi) is 5.35. The second-order valence-electron chi connectivity index (χ2n) is 7.30. The molecule has 4 atom stereocenters. The van der Waals surface area contributed by atoms with Gasteiger partial charge in [-0.05, 0) is 55.5 Å². The fourth-order valence-electron chi connectivity index (χ4n) is 4.59. The van der Waals surface area contributed by atoms with E-state index in [9.17, 15) is 0 Å². The standard InChI is InChI=1S/C20H31N/c1-2-3-5-10-20(17-8-6-4-7-9-17)21-15-19-14-16-11-12-18(19)13-16/h4,6-9,16,18-21H,2-3,5,10-15H2,1H3. The van der Waals surface area contributed by atoms with Crippen molar-refractivity contribution in [3.8, 4) is 0 Å². The topological polar surface area (TPSA) is 12.0 Å². The molecule has 4 unspecified atom stereocenters. The average molecular weight is 285 g/mol. The molecule has 0 aliphatic heterocycles. The van der Waals surface area contributed by atoms with Crippen molar-refractivity contribution in [2.75, 3.05) is 6.54 Å². The van der Waals surface area contributed by atoms with E-state index in [1.807, 2.05) is 0 Å². The Morgan fingerprint density at radius 1 is 1.10 bits per heavy atom. The first-order valence-corrected chi connectivity index (χ1v) is 9.15. The van der Waals surface area contributed by atoms with Crippen LogP contribution in [0.1, 0.15) is 69.9 Å². The molecule has 1 nitrogen and oxygen atoms in total. The molecule has 3 rings (SSSR count). The van der Waals surface area contributed by atoms with Crippen molar-refractivity contribution in [3.05, 3.63) is 35.9 Å². The van der Waals surface area contributed by atoms with Crippen molar-refractivity contribution in [2.45, 2.75) is 64.3 Å². The molecule has 21 heavy (non-hydrogen) atoms. The van der Waals surface area contributed by atoms with Gasteiger partial charge in [0, 0.05) is 6.04 Å². The van der Waals surface area contributed by atoms with Crippen molar-refractivity contribution in [1.29, 1.82) is 0 Å².